The summed E-state index contributed by atoms with van der Waals surface area (Å²) in [5, 5.41) is 12.2. The van der Waals surface area contributed by atoms with E-state index in [1.54, 1.807) is 7.11 Å². The zero-order valence-corrected chi connectivity index (χ0v) is 10.8. The van der Waals surface area contributed by atoms with E-state index in [0.29, 0.717) is 19.4 Å². The van der Waals surface area contributed by atoms with E-state index in [9.17, 15) is 10.1 Å². The number of nitrogens with one attached hydrogen (secondary N) is 1. The van der Waals surface area contributed by atoms with Gasteiger partial charge in [0, 0.05) is 7.11 Å². The number of amides is 1. The first-order valence-corrected chi connectivity index (χ1v) is 6.39. The van der Waals surface area contributed by atoms with Gasteiger partial charge < -0.3 is 10.1 Å². The predicted octanol–water partition coefficient (Wildman–Crippen LogP) is 2.00. The van der Waals surface area contributed by atoms with Crippen molar-refractivity contribution in [2.24, 2.45) is 5.41 Å². The lowest BCUT2D eigenvalue weighted by atomic mass is 9.74. The van der Waals surface area contributed by atoms with Gasteiger partial charge in [0.2, 0.25) is 5.91 Å². The van der Waals surface area contributed by atoms with Gasteiger partial charge in [0.05, 0.1) is 18.7 Å². The number of nitrogens with zero attached hydrogens (tertiary/aromatic N) is 1. The van der Waals surface area contributed by atoms with E-state index in [-0.39, 0.29) is 11.9 Å². The maximum absolute atomic E-state index is 12.2. The number of nitriles is 1. The zero-order valence-electron chi connectivity index (χ0n) is 10.8. The van der Waals surface area contributed by atoms with Crippen molar-refractivity contribution >= 4 is 5.91 Å². The Balaban J connectivity index is 2.63. The molecule has 0 heterocycles. The molecule has 0 bridgehead atoms. The second-order valence-corrected chi connectivity index (χ2v) is 4.79. The molecule has 4 nitrogen and oxygen atoms in total. The van der Waals surface area contributed by atoms with Crippen molar-refractivity contribution in [3.05, 3.63) is 0 Å². The largest absolute Gasteiger partial charge is 0.383 e. The minimum atomic E-state index is -0.792. The standard InChI is InChI=1S/C13H22N2O2/c1-3-11(9-17-2)15-12(16)13(10-14)7-5-4-6-8-13/h11H,3-9H2,1-2H3,(H,15,16). The van der Waals surface area contributed by atoms with Gasteiger partial charge in [-0.1, -0.05) is 26.2 Å². The Morgan fingerprint density at radius 1 is 1.47 bits per heavy atom. The second-order valence-electron chi connectivity index (χ2n) is 4.79. The molecule has 1 fully saturated rings. The van der Waals surface area contributed by atoms with Crippen LogP contribution in [-0.2, 0) is 9.53 Å². The van der Waals surface area contributed by atoms with Crippen LogP contribution in [0.1, 0.15) is 45.4 Å². The summed E-state index contributed by atoms with van der Waals surface area (Å²) in [6.45, 7) is 2.51. The highest BCUT2D eigenvalue weighted by Crippen LogP contribution is 2.35. The van der Waals surface area contributed by atoms with Crippen molar-refractivity contribution in [1.29, 1.82) is 5.26 Å². The molecule has 1 atom stereocenters. The Labute approximate surface area is 103 Å². The highest BCUT2D eigenvalue weighted by atomic mass is 16.5. The van der Waals surface area contributed by atoms with Gasteiger partial charge in [-0.2, -0.15) is 5.26 Å². The van der Waals surface area contributed by atoms with Gasteiger partial charge in [0.15, 0.2) is 0 Å². The van der Waals surface area contributed by atoms with Crippen molar-refractivity contribution < 1.29 is 9.53 Å². The van der Waals surface area contributed by atoms with Crippen LogP contribution in [0, 0.1) is 16.7 Å². The molecule has 1 unspecified atom stereocenters. The quantitative estimate of drug-likeness (QED) is 0.796. The second kappa shape index (κ2) is 6.61. The third kappa shape index (κ3) is 3.44. The SMILES string of the molecule is CCC(COC)NC(=O)C1(C#N)CCCCC1. The number of hydrogen-bond acceptors (Lipinski definition) is 3. The van der Waals surface area contributed by atoms with E-state index in [4.69, 9.17) is 4.74 Å². The average Bonchev–Trinajstić information content (AvgIpc) is 2.38. The predicted molar refractivity (Wildman–Crippen MR) is 65.2 cm³/mol. The molecule has 0 radical (unpaired) electrons. The summed E-state index contributed by atoms with van der Waals surface area (Å²) in [6, 6.07) is 2.25. The number of carbonyl (C=O) groups is 1. The summed E-state index contributed by atoms with van der Waals surface area (Å²) in [5.74, 6) is -0.108. The number of carbonyl (C=O) groups excluding carboxylic acids is 1. The van der Waals surface area contributed by atoms with Crippen molar-refractivity contribution in [2.75, 3.05) is 13.7 Å². The summed E-state index contributed by atoms with van der Waals surface area (Å²) < 4.78 is 5.05. The van der Waals surface area contributed by atoms with Gasteiger partial charge in [-0.05, 0) is 19.3 Å². The molecule has 1 amide bonds. The topological polar surface area (TPSA) is 62.1 Å². The maximum Gasteiger partial charge on any atom is 0.240 e. The smallest absolute Gasteiger partial charge is 0.240 e. The van der Waals surface area contributed by atoms with Crippen LogP contribution in [0.2, 0.25) is 0 Å². The van der Waals surface area contributed by atoms with Crippen LogP contribution >= 0.6 is 0 Å². The molecule has 0 aliphatic heterocycles. The Bertz CT molecular complexity index is 290. The summed E-state index contributed by atoms with van der Waals surface area (Å²) in [7, 11) is 1.62. The lowest BCUT2D eigenvalue weighted by molar-refractivity contribution is -0.130. The van der Waals surface area contributed by atoms with Crippen LogP contribution in [0.25, 0.3) is 0 Å². The summed E-state index contributed by atoms with van der Waals surface area (Å²) >= 11 is 0. The fraction of sp³-hybridized carbons (Fsp3) is 0.846. The minimum absolute atomic E-state index is 0.0136. The fourth-order valence-electron chi connectivity index (χ4n) is 2.33. The first-order valence-electron chi connectivity index (χ1n) is 6.39. The molecule has 17 heavy (non-hydrogen) atoms. The van der Waals surface area contributed by atoms with Crippen LogP contribution in [0.5, 0.6) is 0 Å². The molecule has 1 aliphatic carbocycles. The maximum atomic E-state index is 12.2. The van der Waals surface area contributed by atoms with E-state index >= 15 is 0 Å². The number of hydrogen-bond donors (Lipinski definition) is 1. The lowest BCUT2D eigenvalue weighted by Crippen LogP contribution is -2.47. The van der Waals surface area contributed by atoms with Gasteiger partial charge in [-0.15, -0.1) is 0 Å². The average molecular weight is 238 g/mol. The molecule has 0 spiro atoms. The Kier molecular flexibility index (Phi) is 5.43. The first-order chi connectivity index (χ1) is 8.18. The molecule has 1 saturated carbocycles. The molecule has 0 aromatic rings. The summed E-state index contributed by atoms with van der Waals surface area (Å²) in [4.78, 5) is 12.2. The molecule has 1 rings (SSSR count). The van der Waals surface area contributed by atoms with Crippen LogP contribution in [-0.4, -0.2) is 25.7 Å². The Hall–Kier alpha value is -1.08. The molecular formula is C13H22N2O2. The Morgan fingerprint density at radius 3 is 2.59 bits per heavy atom. The molecule has 4 heteroatoms. The van der Waals surface area contributed by atoms with E-state index in [1.165, 1.54) is 0 Å². The first kappa shape index (κ1) is 14.0. The molecule has 1 aliphatic rings. The van der Waals surface area contributed by atoms with Crippen molar-refractivity contribution in [2.45, 2.75) is 51.5 Å². The molecule has 0 aromatic heterocycles. The van der Waals surface area contributed by atoms with Crippen LogP contribution in [0.4, 0.5) is 0 Å². The third-order valence-corrected chi connectivity index (χ3v) is 3.55. The number of ether oxygens (including phenoxy) is 1. The highest BCUT2D eigenvalue weighted by molar-refractivity contribution is 5.85. The molecular weight excluding hydrogens is 216 g/mol. The molecule has 0 aromatic carbocycles. The summed E-state index contributed by atoms with van der Waals surface area (Å²) in [5.41, 5.74) is -0.792. The van der Waals surface area contributed by atoms with Gasteiger partial charge >= 0.3 is 0 Å². The molecule has 1 N–H and O–H groups in total. The number of methoxy groups -OCH3 is 1. The normalized spacial score (nSPS) is 20.3. The van der Waals surface area contributed by atoms with Crippen molar-refractivity contribution in [3.8, 4) is 6.07 Å². The van der Waals surface area contributed by atoms with Gasteiger partial charge in [-0.25, -0.2) is 0 Å². The van der Waals surface area contributed by atoms with E-state index in [2.05, 4.69) is 11.4 Å². The van der Waals surface area contributed by atoms with Gasteiger partial charge in [0.25, 0.3) is 0 Å². The highest BCUT2D eigenvalue weighted by Gasteiger charge is 2.40. The zero-order chi connectivity index (χ0) is 12.7. The fourth-order valence-corrected chi connectivity index (χ4v) is 2.33. The van der Waals surface area contributed by atoms with Gasteiger partial charge in [-0.3, -0.25) is 4.79 Å². The lowest BCUT2D eigenvalue weighted by Gasteiger charge is -2.31. The van der Waals surface area contributed by atoms with Gasteiger partial charge in [0.1, 0.15) is 5.41 Å². The van der Waals surface area contributed by atoms with Crippen molar-refractivity contribution in [1.82, 2.24) is 5.32 Å². The van der Waals surface area contributed by atoms with Crippen molar-refractivity contribution in [3.63, 3.8) is 0 Å². The third-order valence-electron chi connectivity index (χ3n) is 3.55. The van der Waals surface area contributed by atoms with E-state index in [0.717, 1.165) is 25.7 Å². The van der Waals surface area contributed by atoms with Crippen LogP contribution < -0.4 is 5.32 Å². The molecule has 0 saturated heterocycles. The van der Waals surface area contributed by atoms with Crippen LogP contribution in [0.15, 0.2) is 0 Å². The summed E-state index contributed by atoms with van der Waals surface area (Å²) in [6.07, 6.45) is 5.29. The number of rotatable bonds is 5. The van der Waals surface area contributed by atoms with Crippen LogP contribution in [0.3, 0.4) is 0 Å². The van der Waals surface area contributed by atoms with E-state index < -0.39 is 5.41 Å². The Morgan fingerprint density at radius 2 is 2.12 bits per heavy atom. The molecule has 96 valence electrons. The van der Waals surface area contributed by atoms with E-state index in [1.807, 2.05) is 6.92 Å². The minimum Gasteiger partial charge on any atom is -0.383 e. The monoisotopic (exact) mass is 238 g/mol.